The first-order valence-electron chi connectivity index (χ1n) is 6.08. The third-order valence-electron chi connectivity index (χ3n) is 3.18. The van der Waals surface area contributed by atoms with Crippen molar-refractivity contribution >= 4 is 11.9 Å². The molecule has 0 radical (unpaired) electrons. The van der Waals surface area contributed by atoms with E-state index in [4.69, 9.17) is 5.11 Å². The first-order chi connectivity index (χ1) is 7.90. The SMILES string of the molecule is CC(CN(C)C)NC(=O)C1CCC(C(=O)O)C1. The second-order valence-corrected chi connectivity index (χ2v) is 5.22. The van der Waals surface area contributed by atoms with E-state index in [2.05, 4.69) is 5.32 Å². The maximum atomic E-state index is 11.9. The Hall–Kier alpha value is -1.10. The van der Waals surface area contributed by atoms with Gasteiger partial charge in [-0.25, -0.2) is 0 Å². The number of amides is 1. The van der Waals surface area contributed by atoms with Gasteiger partial charge in [-0.15, -0.1) is 0 Å². The molecule has 0 bridgehead atoms. The van der Waals surface area contributed by atoms with Crippen LogP contribution < -0.4 is 5.32 Å². The largest absolute Gasteiger partial charge is 0.481 e. The van der Waals surface area contributed by atoms with Crippen molar-refractivity contribution < 1.29 is 14.7 Å². The Morgan fingerprint density at radius 3 is 2.41 bits per heavy atom. The molecule has 98 valence electrons. The van der Waals surface area contributed by atoms with Crippen molar-refractivity contribution in [3.8, 4) is 0 Å². The molecule has 3 atom stereocenters. The summed E-state index contributed by atoms with van der Waals surface area (Å²) in [6.45, 7) is 2.75. The molecule has 0 heterocycles. The van der Waals surface area contributed by atoms with Crippen LogP contribution in [0.2, 0.25) is 0 Å². The van der Waals surface area contributed by atoms with E-state index < -0.39 is 5.97 Å². The standard InChI is InChI=1S/C12H22N2O3/c1-8(7-14(2)3)13-11(15)9-4-5-10(6-9)12(16)17/h8-10H,4-7H2,1-3H3,(H,13,15)(H,16,17). The number of hydrogen-bond donors (Lipinski definition) is 2. The minimum atomic E-state index is -0.776. The van der Waals surface area contributed by atoms with Gasteiger partial charge in [-0.1, -0.05) is 0 Å². The van der Waals surface area contributed by atoms with Crippen molar-refractivity contribution in [3.63, 3.8) is 0 Å². The number of likely N-dealkylation sites (N-methyl/N-ethyl adjacent to an activating group) is 1. The molecule has 3 unspecified atom stereocenters. The van der Waals surface area contributed by atoms with Crippen molar-refractivity contribution in [2.45, 2.75) is 32.2 Å². The fourth-order valence-corrected chi connectivity index (χ4v) is 2.40. The van der Waals surface area contributed by atoms with E-state index >= 15 is 0 Å². The maximum absolute atomic E-state index is 11.9. The molecular weight excluding hydrogens is 220 g/mol. The highest BCUT2D eigenvalue weighted by molar-refractivity contribution is 5.81. The molecular formula is C12H22N2O3. The van der Waals surface area contributed by atoms with E-state index in [0.717, 1.165) is 6.54 Å². The lowest BCUT2D eigenvalue weighted by molar-refractivity contribution is -0.141. The lowest BCUT2D eigenvalue weighted by atomic mass is 10.0. The smallest absolute Gasteiger partial charge is 0.306 e. The van der Waals surface area contributed by atoms with Gasteiger partial charge in [0.15, 0.2) is 0 Å². The quantitative estimate of drug-likeness (QED) is 0.739. The van der Waals surface area contributed by atoms with Crippen LogP contribution in [0.1, 0.15) is 26.2 Å². The Morgan fingerprint density at radius 2 is 1.94 bits per heavy atom. The second kappa shape index (κ2) is 6.00. The minimum absolute atomic E-state index is 0.00287. The predicted octanol–water partition coefficient (Wildman–Crippen LogP) is 0.554. The molecule has 17 heavy (non-hydrogen) atoms. The molecule has 1 aliphatic carbocycles. The van der Waals surface area contributed by atoms with Crippen molar-refractivity contribution in [1.29, 1.82) is 0 Å². The molecule has 1 rings (SSSR count). The molecule has 0 aromatic rings. The van der Waals surface area contributed by atoms with E-state index in [1.807, 2.05) is 25.9 Å². The van der Waals surface area contributed by atoms with Gasteiger partial charge in [0.2, 0.25) is 5.91 Å². The van der Waals surface area contributed by atoms with Crippen LogP contribution >= 0.6 is 0 Å². The third-order valence-corrected chi connectivity index (χ3v) is 3.18. The average molecular weight is 242 g/mol. The average Bonchev–Trinajstić information content (AvgIpc) is 2.64. The molecule has 0 spiro atoms. The van der Waals surface area contributed by atoms with Gasteiger partial charge in [0.25, 0.3) is 0 Å². The number of aliphatic carboxylic acids is 1. The normalized spacial score (nSPS) is 25.9. The van der Waals surface area contributed by atoms with Gasteiger partial charge in [0.1, 0.15) is 0 Å². The molecule has 0 aromatic carbocycles. The minimum Gasteiger partial charge on any atom is -0.481 e. The number of carbonyl (C=O) groups excluding carboxylic acids is 1. The van der Waals surface area contributed by atoms with Crippen LogP contribution in [0.3, 0.4) is 0 Å². The van der Waals surface area contributed by atoms with Crippen molar-refractivity contribution in [2.24, 2.45) is 11.8 Å². The Bertz CT molecular complexity index is 291. The molecule has 1 amide bonds. The molecule has 5 nitrogen and oxygen atoms in total. The third kappa shape index (κ3) is 4.34. The maximum Gasteiger partial charge on any atom is 0.306 e. The van der Waals surface area contributed by atoms with Gasteiger partial charge in [-0.05, 0) is 40.3 Å². The van der Waals surface area contributed by atoms with Gasteiger partial charge < -0.3 is 15.3 Å². The molecule has 1 fully saturated rings. The van der Waals surface area contributed by atoms with E-state index in [-0.39, 0.29) is 23.8 Å². The summed E-state index contributed by atoms with van der Waals surface area (Å²) < 4.78 is 0. The zero-order chi connectivity index (χ0) is 13.0. The first-order valence-corrected chi connectivity index (χ1v) is 6.08. The highest BCUT2D eigenvalue weighted by atomic mass is 16.4. The number of nitrogens with one attached hydrogen (secondary N) is 1. The molecule has 0 aliphatic heterocycles. The van der Waals surface area contributed by atoms with Gasteiger partial charge in [-0.2, -0.15) is 0 Å². The van der Waals surface area contributed by atoms with Crippen LogP contribution in [-0.2, 0) is 9.59 Å². The topological polar surface area (TPSA) is 69.6 Å². The summed E-state index contributed by atoms with van der Waals surface area (Å²) in [6.07, 6.45) is 1.79. The predicted molar refractivity (Wildman–Crippen MR) is 64.6 cm³/mol. The number of rotatable bonds is 5. The first kappa shape index (κ1) is 14.0. The van der Waals surface area contributed by atoms with E-state index in [1.54, 1.807) is 0 Å². The van der Waals surface area contributed by atoms with Crippen molar-refractivity contribution in [2.75, 3.05) is 20.6 Å². The van der Waals surface area contributed by atoms with Crippen LogP contribution in [0.4, 0.5) is 0 Å². The zero-order valence-corrected chi connectivity index (χ0v) is 10.8. The molecule has 0 saturated heterocycles. The monoisotopic (exact) mass is 242 g/mol. The van der Waals surface area contributed by atoms with Crippen molar-refractivity contribution in [3.05, 3.63) is 0 Å². The van der Waals surface area contributed by atoms with Crippen LogP contribution in [0.25, 0.3) is 0 Å². The molecule has 5 heteroatoms. The van der Waals surface area contributed by atoms with Crippen LogP contribution in [0.5, 0.6) is 0 Å². The van der Waals surface area contributed by atoms with Gasteiger partial charge >= 0.3 is 5.97 Å². The van der Waals surface area contributed by atoms with Gasteiger partial charge in [-0.3, -0.25) is 9.59 Å². The Balaban J connectivity index is 2.37. The van der Waals surface area contributed by atoms with Crippen LogP contribution in [-0.4, -0.2) is 48.6 Å². The number of hydrogen-bond acceptors (Lipinski definition) is 3. The summed E-state index contributed by atoms with van der Waals surface area (Å²) in [5.41, 5.74) is 0. The van der Waals surface area contributed by atoms with E-state index in [9.17, 15) is 9.59 Å². The summed E-state index contributed by atoms with van der Waals surface area (Å²) in [7, 11) is 3.91. The Kier molecular flexibility index (Phi) is 4.93. The summed E-state index contributed by atoms with van der Waals surface area (Å²) in [5.74, 6) is -1.24. The van der Waals surface area contributed by atoms with Crippen LogP contribution in [0.15, 0.2) is 0 Å². The fraction of sp³-hybridized carbons (Fsp3) is 0.833. The number of carbonyl (C=O) groups is 2. The number of nitrogens with zero attached hydrogens (tertiary/aromatic N) is 1. The summed E-state index contributed by atoms with van der Waals surface area (Å²) in [6, 6.07) is 0.0985. The van der Waals surface area contributed by atoms with Gasteiger partial charge in [0.05, 0.1) is 5.92 Å². The second-order valence-electron chi connectivity index (χ2n) is 5.22. The van der Waals surface area contributed by atoms with Crippen LogP contribution in [0, 0.1) is 11.8 Å². The Labute approximate surface area is 102 Å². The molecule has 1 saturated carbocycles. The lowest BCUT2D eigenvalue weighted by Gasteiger charge is -2.20. The summed E-state index contributed by atoms with van der Waals surface area (Å²) in [4.78, 5) is 24.7. The highest BCUT2D eigenvalue weighted by Crippen LogP contribution is 2.31. The number of carboxylic acid groups (broad SMARTS) is 1. The molecule has 2 N–H and O–H groups in total. The summed E-state index contributed by atoms with van der Waals surface area (Å²) >= 11 is 0. The number of carboxylic acids is 1. The zero-order valence-electron chi connectivity index (χ0n) is 10.8. The fourth-order valence-electron chi connectivity index (χ4n) is 2.40. The Morgan fingerprint density at radius 1 is 1.35 bits per heavy atom. The molecule has 1 aliphatic rings. The van der Waals surface area contributed by atoms with Crippen molar-refractivity contribution in [1.82, 2.24) is 10.2 Å². The highest BCUT2D eigenvalue weighted by Gasteiger charge is 2.34. The summed E-state index contributed by atoms with van der Waals surface area (Å²) in [5, 5.41) is 11.8. The lowest BCUT2D eigenvalue weighted by Crippen LogP contribution is -2.42. The van der Waals surface area contributed by atoms with E-state index in [0.29, 0.717) is 19.3 Å². The van der Waals surface area contributed by atoms with Gasteiger partial charge in [0, 0.05) is 18.5 Å². The molecule has 0 aromatic heterocycles. The van der Waals surface area contributed by atoms with E-state index in [1.165, 1.54) is 0 Å².